The van der Waals surface area contributed by atoms with Crippen LogP contribution in [-0.2, 0) is 0 Å². The first-order valence-electron chi connectivity index (χ1n) is 5.36. The van der Waals surface area contributed by atoms with Gasteiger partial charge in [-0.2, -0.15) is 10.2 Å². The van der Waals surface area contributed by atoms with Gasteiger partial charge in [0.15, 0.2) is 5.82 Å². The molecule has 1 aromatic carbocycles. The molecule has 0 amide bonds. The van der Waals surface area contributed by atoms with Crippen LogP contribution in [0.15, 0.2) is 42.7 Å². The number of nitrogens with one attached hydrogen (secondary N) is 1. The van der Waals surface area contributed by atoms with Gasteiger partial charge >= 0.3 is 0 Å². The zero-order valence-electron chi connectivity index (χ0n) is 9.41. The molecular formula is C12H10N6. The Balaban J connectivity index is 2.30. The Morgan fingerprint density at radius 2 is 2.06 bits per heavy atom. The van der Waals surface area contributed by atoms with Gasteiger partial charge in [0, 0.05) is 5.39 Å². The summed E-state index contributed by atoms with van der Waals surface area (Å²) in [5, 5.41) is 20.7. The minimum atomic E-state index is -0.0560. The smallest absolute Gasteiger partial charge is 0.187 e. The maximum absolute atomic E-state index is 7.56. The van der Waals surface area contributed by atoms with Crippen molar-refractivity contribution in [1.82, 2.24) is 20.0 Å². The number of hydrogen-bond acceptors (Lipinski definition) is 4. The molecule has 0 radical (unpaired) electrons. The van der Waals surface area contributed by atoms with Crippen LogP contribution in [-0.4, -0.2) is 25.8 Å². The summed E-state index contributed by atoms with van der Waals surface area (Å²) >= 11 is 0. The Hall–Kier alpha value is -2.76. The minimum Gasteiger partial charge on any atom is -0.384 e. The molecule has 0 fully saturated rings. The number of rotatable bonds is 2. The number of aromatic nitrogens is 4. The van der Waals surface area contributed by atoms with Crippen LogP contribution in [0.2, 0.25) is 0 Å². The van der Waals surface area contributed by atoms with Crippen molar-refractivity contribution < 1.29 is 0 Å². The molecule has 0 aliphatic rings. The third-order valence-corrected chi connectivity index (χ3v) is 2.67. The van der Waals surface area contributed by atoms with Gasteiger partial charge in [-0.05, 0) is 12.1 Å². The number of para-hydroxylation sites is 1. The molecule has 0 saturated heterocycles. The molecule has 2 aromatic heterocycles. The van der Waals surface area contributed by atoms with Gasteiger partial charge in [0.1, 0.15) is 5.84 Å². The Kier molecular flexibility index (Phi) is 2.26. The van der Waals surface area contributed by atoms with E-state index >= 15 is 0 Å². The highest BCUT2D eigenvalue weighted by Gasteiger charge is 2.12. The van der Waals surface area contributed by atoms with E-state index in [0.29, 0.717) is 11.4 Å². The maximum Gasteiger partial charge on any atom is 0.187 e. The molecular weight excluding hydrogens is 228 g/mol. The van der Waals surface area contributed by atoms with Crippen molar-refractivity contribution in [1.29, 1.82) is 5.41 Å². The van der Waals surface area contributed by atoms with Gasteiger partial charge in [0.2, 0.25) is 0 Å². The Labute approximate surface area is 103 Å². The zero-order chi connectivity index (χ0) is 12.5. The van der Waals surface area contributed by atoms with E-state index in [9.17, 15) is 0 Å². The lowest BCUT2D eigenvalue weighted by Crippen LogP contribution is -2.16. The van der Waals surface area contributed by atoms with E-state index in [2.05, 4.69) is 15.3 Å². The first kappa shape index (κ1) is 10.4. The van der Waals surface area contributed by atoms with Crippen LogP contribution in [0.3, 0.4) is 0 Å². The molecule has 0 unspecified atom stereocenters. The van der Waals surface area contributed by atoms with E-state index in [1.165, 1.54) is 6.20 Å². The number of hydrogen-bond donors (Lipinski definition) is 2. The molecule has 6 heteroatoms. The fourth-order valence-electron chi connectivity index (χ4n) is 1.83. The van der Waals surface area contributed by atoms with Crippen molar-refractivity contribution >= 4 is 16.7 Å². The van der Waals surface area contributed by atoms with Crippen LogP contribution in [0.4, 0.5) is 0 Å². The van der Waals surface area contributed by atoms with Gasteiger partial charge in [0.25, 0.3) is 0 Å². The van der Waals surface area contributed by atoms with Crippen LogP contribution in [0, 0.1) is 5.41 Å². The van der Waals surface area contributed by atoms with E-state index in [1.54, 1.807) is 16.9 Å². The Bertz CT molecular complexity index is 730. The fraction of sp³-hybridized carbons (Fsp3) is 0. The van der Waals surface area contributed by atoms with E-state index in [4.69, 9.17) is 11.1 Å². The van der Waals surface area contributed by atoms with Gasteiger partial charge in [0.05, 0.1) is 23.5 Å². The molecule has 3 N–H and O–H groups in total. The van der Waals surface area contributed by atoms with Gasteiger partial charge < -0.3 is 5.73 Å². The van der Waals surface area contributed by atoms with Gasteiger partial charge in [-0.3, -0.25) is 5.41 Å². The molecule has 0 atom stereocenters. The lowest BCUT2D eigenvalue weighted by molar-refractivity contribution is 0.833. The van der Waals surface area contributed by atoms with Crippen LogP contribution in [0.25, 0.3) is 16.7 Å². The predicted molar refractivity (Wildman–Crippen MR) is 67.7 cm³/mol. The molecule has 3 aromatic rings. The Morgan fingerprint density at radius 3 is 2.89 bits per heavy atom. The summed E-state index contributed by atoms with van der Waals surface area (Å²) in [6, 6.07) is 9.41. The molecule has 2 heterocycles. The summed E-state index contributed by atoms with van der Waals surface area (Å²) in [5.41, 5.74) is 6.96. The van der Waals surface area contributed by atoms with Gasteiger partial charge in [-0.25, -0.2) is 4.68 Å². The second-order valence-corrected chi connectivity index (χ2v) is 3.80. The largest absolute Gasteiger partial charge is 0.384 e. The quantitative estimate of drug-likeness (QED) is 0.516. The van der Waals surface area contributed by atoms with Crippen LogP contribution < -0.4 is 5.73 Å². The SMILES string of the molecule is N=C(N)c1ccnnc1-n1ncc2ccccc21. The first-order chi connectivity index (χ1) is 8.77. The standard InChI is InChI=1S/C12H10N6/c13-11(14)9-5-6-15-17-12(9)18-10-4-2-1-3-8(10)7-16-18/h1-7H,(H3,13,14). The minimum absolute atomic E-state index is 0.0560. The summed E-state index contributed by atoms with van der Waals surface area (Å²) in [5.74, 6) is 0.408. The normalized spacial score (nSPS) is 10.7. The number of nitrogens with zero attached hydrogens (tertiary/aromatic N) is 4. The molecule has 0 aliphatic carbocycles. The van der Waals surface area contributed by atoms with E-state index in [-0.39, 0.29) is 5.84 Å². The molecule has 6 nitrogen and oxygen atoms in total. The molecule has 0 spiro atoms. The van der Waals surface area contributed by atoms with E-state index in [0.717, 1.165) is 10.9 Å². The van der Waals surface area contributed by atoms with Crippen molar-refractivity contribution in [2.75, 3.05) is 0 Å². The van der Waals surface area contributed by atoms with E-state index in [1.807, 2.05) is 24.3 Å². The van der Waals surface area contributed by atoms with Gasteiger partial charge in [-0.15, -0.1) is 5.10 Å². The number of amidine groups is 1. The average Bonchev–Trinajstić information content (AvgIpc) is 2.82. The molecule has 88 valence electrons. The number of nitrogens with two attached hydrogens (primary N) is 1. The van der Waals surface area contributed by atoms with Crippen molar-refractivity contribution in [2.45, 2.75) is 0 Å². The second kappa shape index (κ2) is 3.92. The first-order valence-corrected chi connectivity index (χ1v) is 5.36. The summed E-state index contributed by atoms with van der Waals surface area (Å²) in [4.78, 5) is 0. The monoisotopic (exact) mass is 238 g/mol. The fourth-order valence-corrected chi connectivity index (χ4v) is 1.83. The predicted octanol–water partition coefficient (Wildman–Crippen LogP) is 1.10. The van der Waals surface area contributed by atoms with Gasteiger partial charge in [-0.1, -0.05) is 18.2 Å². The molecule has 0 aliphatic heterocycles. The number of nitrogen functional groups attached to an aromatic ring is 1. The average molecular weight is 238 g/mol. The lowest BCUT2D eigenvalue weighted by atomic mass is 10.2. The number of benzene rings is 1. The highest BCUT2D eigenvalue weighted by Crippen LogP contribution is 2.18. The molecule has 0 saturated carbocycles. The molecule has 18 heavy (non-hydrogen) atoms. The zero-order valence-corrected chi connectivity index (χ0v) is 9.41. The number of fused-ring (bicyclic) bond motifs is 1. The third kappa shape index (κ3) is 1.51. The van der Waals surface area contributed by atoms with E-state index < -0.39 is 0 Å². The highest BCUT2D eigenvalue weighted by atomic mass is 15.3. The van der Waals surface area contributed by atoms with Crippen LogP contribution in [0.5, 0.6) is 0 Å². The van der Waals surface area contributed by atoms with Crippen LogP contribution in [0.1, 0.15) is 5.56 Å². The molecule has 0 bridgehead atoms. The summed E-state index contributed by atoms with van der Waals surface area (Å²) in [6.07, 6.45) is 3.25. The topological polar surface area (TPSA) is 93.5 Å². The third-order valence-electron chi connectivity index (χ3n) is 2.67. The summed E-state index contributed by atoms with van der Waals surface area (Å²) in [7, 11) is 0. The summed E-state index contributed by atoms with van der Waals surface area (Å²) in [6.45, 7) is 0. The maximum atomic E-state index is 7.56. The van der Waals surface area contributed by atoms with Crippen molar-refractivity contribution in [2.24, 2.45) is 5.73 Å². The van der Waals surface area contributed by atoms with Crippen molar-refractivity contribution in [3.05, 3.63) is 48.3 Å². The lowest BCUT2D eigenvalue weighted by Gasteiger charge is -2.06. The Morgan fingerprint density at radius 1 is 1.22 bits per heavy atom. The molecule has 3 rings (SSSR count). The second-order valence-electron chi connectivity index (χ2n) is 3.80. The van der Waals surface area contributed by atoms with Crippen molar-refractivity contribution in [3.63, 3.8) is 0 Å². The summed E-state index contributed by atoms with van der Waals surface area (Å²) < 4.78 is 1.64. The van der Waals surface area contributed by atoms with Crippen LogP contribution >= 0.6 is 0 Å². The van der Waals surface area contributed by atoms with Crippen molar-refractivity contribution in [3.8, 4) is 5.82 Å². The highest BCUT2D eigenvalue weighted by molar-refractivity contribution is 5.98.